The Morgan fingerprint density at radius 1 is 1.20 bits per heavy atom. The van der Waals surface area contributed by atoms with Crippen molar-refractivity contribution < 1.29 is 9.53 Å². The maximum Gasteiger partial charge on any atom is 0.257 e. The van der Waals surface area contributed by atoms with Crippen molar-refractivity contribution in [2.45, 2.75) is 47.0 Å². The van der Waals surface area contributed by atoms with Crippen LogP contribution in [0.25, 0.3) is 0 Å². The summed E-state index contributed by atoms with van der Waals surface area (Å²) in [6.07, 6.45) is 0.830. The first-order valence-corrected chi connectivity index (χ1v) is 7.50. The van der Waals surface area contributed by atoms with Crippen LogP contribution in [0.5, 0.6) is 5.75 Å². The number of carbonyl (C=O) groups is 1. The Morgan fingerprint density at radius 3 is 2.20 bits per heavy atom. The number of ether oxygens (including phenoxy) is 1. The summed E-state index contributed by atoms with van der Waals surface area (Å²) >= 11 is 0. The lowest BCUT2D eigenvalue weighted by molar-refractivity contribution is 0.0768. The summed E-state index contributed by atoms with van der Waals surface area (Å²) in [5.41, 5.74) is 2.90. The number of nitrogens with zero attached hydrogens (tertiary/aromatic N) is 1. The molecule has 0 unspecified atom stereocenters. The molecule has 0 aliphatic heterocycles. The van der Waals surface area contributed by atoms with Crippen molar-refractivity contribution in [3.8, 4) is 5.75 Å². The molecule has 0 N–H and O–H groups in total. The molecular formula is C17H27NO2. The minimum atomic E-state index is 0.0752. The number of hydrogen-bond donors (Lipinski definition) is 0. The third-order valence-corrected chi connectivity index (χ3v) is 3.75. The van der Waals surface area contributed by atoms with Crippen LogP contribution in [-0.2, 0) is 6.42 Å². The van der Waals surface area contributed by atoms with Crippen molar-refractivity contribution in [2.75, 3.05) is 20.2 Å². The van der Waals surface area contributed by atoms with Gasteiger partial charge in [-0.2, -0.15) is 0 Å². The van der Waals surface area contributed by atoms with Gasteiger partial charge in [-0.3, -0.25) is 4.79 Å². The standard InChI is InChI=1S/C17H27NO2/c1-7-13-10-11-14(12(4)5)16(20-6)15(13)17(19)18(8-2)9-3/h10-12H,7-9H2,1-6H3. The Kier molecular flexibility index (Phi) is 6.05. The van der Waals surface area contributed by atoms with Crippen molar-refractivity contribution >= 4 is 5.91 Å². The fourth-order valence-electron chi connectivity index (χ4n) is 2.51. The molecule has 0 atom stereocenters. The first-order valence-electron chi connectivity index (χ1n) is 7.50. The van der Waals surface area contributed by atoms with E-state index in [0.717, 1.165) is 28.9 Å². The molecule has 0 spiro atoms. The molecule has 1 rings (SSSR count). The van der Waals surface area contributed by atoms with Crippen molar-refractivity contribution in [1.82, 2.24) is 4.90 Å². The van der Waals surface area contributed by atoms with Gasteiger partial charge in [0, 0.05) is 13.1 Å². The lowest BCUT2D eigenvalue weighted by Crippen LogP contribution is -2.31. The fraction of sp³-hybridized carbons (Fsp3) is 0.588. The maximum atomic E-state index is 12.8. The van der Waals surface area contributed by atoms with Crippen molar-refractivity contribution in [2.24, 2.45) is 0 Å². The van der Waals surface area contributed by atoms with Crippen LogP contribution in [0.15, 0.2) is 12.1 Å². The van der Waals surface area contributed by atoms with E-state index in [1.54, 1.807) is 7.11 Å². The molecule has 0 saturated heterocycles. The zero-order valence-electron chi connectivity index (χ0n) is 13.6. The van der Waals surface area contributed by atoms with E-state index >= 15 is 0 Å². The van der Waals surface area contributed by atoms with Crippen LogP contribution in [0.1, 0.15) is 62.0 Å². The van der Waals surface area contributed by atoms with Gasteiger partial charge in [0.15, 0.2) is 0 Å². The van der Waals surface area contributed by atoms with Crippen molar-refractivity contribution in [1.29, 1.82) is 0 Å². The molecule has 20 heavy (non-hydrogen) atoms. The molecule has 1 aromatic rings. The smallest absolute Gasteiger partial charge is 0.257 e. The minimum absolute atomic E-state index is 0.0752. The Bertz CT molecular complexity index is 462. The van der Waals surface area contributed by atoms with E-state index < -0.39 is 0 Å². The molecule has 0 saturated carbocycles. The number of aryl methyl sites for hydroxylation is 1. The topological polar surface area (TPSA) is 29.5 Å². The molecule has 0 fully saturated rings. The van der Waals surface area contributed by atoms with Crippen LogP contribution >= 0.6 is 0 Å². The second-order valence-electron chi connectivity index (χ2n) is 5.21. The van der Waals surface area contributed by atoms with Crippen LogP contribution in [0.3, 0.4) is 0 Å². The summed E-state index contributed by atoms with van der Waals surface area (Å²) in [6.45, 7) is 11.8. The van der Waals surface area contributed by atoms with Gasteiger partial charge >= 0.3 is 0 Å². The number of methoxy groups -OCH3 is 1. The van der Waals surface area contributed by atoms with Crippen LogP contribution in [0, 0.1) is 0 Å². The van der Waals surface area contributed by atoms with Crippen molar-refractivity contribution in [3.63, 3.8) is 0 Å². The van der Waals surface area contributed by atoms with Crippen molar-refractivity contribution in [3.05, 3.63) is 28.8 Å². The van der Waals surface area contributed by atoms with Gasteiger partial charge in [-0.25, -0.2) is 0 Å². The Hall–Kier alpha value is -1.51. The quantitative estimate of drug-likeness (QED) is 0.790. The van der Waals surface area contributed by atoms with Gasteiger partial charge in [0.25, 0.3) is 5.91 Å². The summed E-state index contributed by atoms with van der Waals surface area (Å²) in [4.78, 5) is 14.6. The summed E-state index contributed by atoms with van der Waals surface area (Å²) < 4.78 is 5.59. The van der Waals surface area contributed by atoms with E-state index in [9.17, 15) is 4.79 Å². The molecule has 1 aromatic carbocycles. The van der Waals surface area contributed by atoms with Gasteiger partial charge in [0.2, 0.25) is 0 Å². The molecule has 112 valence electrons. The van der Waals surface area contributed by atoms with Crippen LogP contribution in [-0.4, -0.2) is 31.0 Å². The first kappa shape index (κ1) is 16.5. The maximum absolute atomic E-state index is 12.8. The molecular weight excluding hydrogens is 250 g/mol. The Balaban J connectivity index is 3.47. The molecule has 0 aliphatic rings. The molecule has 0 aliphatic carbocycles. The molecule has 0 radical (unpaired) electrons. The summed E-state index contributed by atoms with van der Waals surface area (Å²) in [5.74, 6) is 1.15. The number of benzene rings is 1. The monoisotopic (exact) mass is 277 g/mol. The average molecular weight is 277 g/mol. The number of hydrogen-bond acceptors (Lipinski definition) is 2. The Labute approximate surface area is 122 Å². The van der Waals surface area contributed by atoms with Gasteiger partial charge in [-0.1, -0.05) is 32.9 Å². The SMILES string of the molecule is CCc1ccc(C(C)C)c(OC)c1C(=O)N(CC)CC. The van der Waals surface area contributed by atoms with E-state index in [-0.39, 0.29) is 5.91 Å². The molecule has 3 heteroatoms. The first-order chi connectivity index (χ1) is 9.51. The van der Waals surface area contributed by atoms with Gasteiger partial charge in [0.05, 0.1) is 12.7 Å². The number of amides is 1. The van der Waals surface area contributed by atoms with E-state index in [1.165, 1.54) is 0 Å². The number of rotatable bonds is 6. The normalized spacial score (nSPS) is 10.8. The second kappa shape index (κ2) is 7.32. The van der Waals surface area contributed by atoms with Crippen LogP contribution in [0.4, 0.5) is 0 Å². The highest BCUT2D eigenvalue weighted by Gasteiger charge is 2.23. The zero-order chi connectivity index (χ0) is 15.3. The third kappa shape index (κ3) is 3.14. The minimum Gasteiger partial charge on any atom is -0.496 e. The largest absolute Gasteiger partial charge is 0.496 e. The highest BCUT2D eigenvalue weighted by Crippen LogP contribution is 2.33. The molecule has 0 heterocycles. The highest BCUT2D eigenvalue weighted by molar-refractivity contribution is 5.99. The number of carbonyl (C=O) groups excluding carboxylic acids is 1. The van der Waals surface area contributed by atoms with E-state index in [1.807, 2.05) is 18.7 Å². The summed E-state index contributed by atoms with van der Waals surface area (Å²) in [5, 5.41) is 0. The van der Waals surface area contributed by atoms with Crippen LogP contribution < -0.4 is 4.74 Å². The van der Waals surface area contributed by atoms with Crippen LogP contribution in [0.2, 0.25) is 0 Å². The summed E-state index contributed by atoms with van der Waals surface area (Å²) in [6, 6.07) is 4.15. The summed E-state index contributed by atoms with van der Waals surface area (Å²) in [7, 11) is 1.65. The predicted octanol–water partition coefficient (Wildman–Crippen LogP) is 3.86. The second-order valence-corrected chi connectivity index (χ2v) is 5.21. The third-order valence-electron chi connectivity index (χ3n) is 3.75. The Morgan fingerprint density at radius 2 is 1.80 bits per heavy atom. The van der Waals surface area contributed by atoms with Gasteiger partial charge in [0.1, 0.15) is 5.75 Å². The average Bonchev–Trinajstić information content (AvgIpc) is 2.46. The van der Waals surface area contributed by atoms with Gasteiger partial charge in [-0.05, 0) is 37.3 Å². The fourth-order valence-corrected chi connectivity index (χ4v) is 2.51. The zero-order valence-corrected chi connectivity index (χ0v) is 13.6. The predicted molar refractivity (Wildman–Crippen MR) is 83.7 cm³/mol. The molecule has 3 nitrogen and oxygen atoms in total. The highest BCUT2D eigenvalue weighted by atomic mass is 16.5. The van der Waals surface area contributed by atoms with E-state index in [0.29, 0.717) is 19.0 Å². The van der Waals surface area contributed by atoms with E-state index in [4.69, 9.17) is 4.74 Å². The lowest BCUT2D eigenvalue weighted by atomic mass is 9.93. The van der Waals surface area contributed by atoms with Gasteiger partial charge < -0.3 is 9.64 Å². The molecule has 0 aromatic heterocycles. The van der Waals surface area contributed by atoms with Gasteiger partial charge in [-0.15, -0.1) is 0 Å². The molecule has 0 bridgehead atoms. The van der Waals surface area contributed by atoms with E-state index in [2.05, 4.69) is 32.9 Å². The lowest BCUT2D eigenvalue weighted by Gasteiger charge is -2.24. The molecule has 1 amide bonds.